The molecular weight excluding hydrogens is 263 g/mol. The molecule has 98 valence electrons. The maximum absolute atomic E-state index is 12.5. The van der Waals surface area contributed by atoms with Gasteiger partial charge in [0.25, 0.3) is 12.3 Å². The van der Waals surface area contributed by atoms with E-state index in [0.29, 0.717) is 6.20 Å². The normalized spacial score (nSPS) is 11.2. The lowest BCUT2D eigenvalue weighted by atomic mass is 10.1. The second-order valence-electron chi connectivity index (χ2n) is 2.89. The molecule has 0 aliphatic rings. The first-order valence-electron chi connectivity index (χ1n) is 4.31. The lowest BCUT2D eigenvalue weighted by Crippen LogP contribution is -2.19. The molecule has 1 aromatic heterocycles. The molecule has 0 saturated carbocycles. The van der Waals surface area contributed by atoms with E-state index >= 15 is 0 Å². The maximum atomic E-state index is 12.5. The maximum Gasteiger partial charge on any atom is 0.573 e. The van der Waals surface area contributed by atoms with Crippen LogP contribution in [0.4, 0.5) is 22.0 Å². The number of hydrogen-bond acceptors (Lipinski definition) is 4. The summed E-state index contributed by atoms with van der Waals surface area (Å²) in [6.45, 7) is 0. The number of hydrogen-bond donors (Lipinski definition) is 0. The van der Waals surface area contributed by atoms with E-state index in [1.54, 1.807) is 0 Å². The molecule has 0 bridgehead atoms. The van der Waals surface area contributed by atoms with E-state index in [2.05, 4.69) is 14.5 Å². The topological polar surface area (TPSA) is 55.1 Å². The van der Waals surface area contributed by atoms with Crippen molar-refractivity contribution in [1.82, 2.24) is 4.98 Å². The molecule has 1 rings (SSSR count). The minimum Gasteiger partial charge on any atom is -0.478 e. The predicted molar refractivity (Wildman–Crippen MR) is 47.1 cm³/mol. The quantitative estimate of drug-likeness (QED) is 0.791. The molecule has 0 fully saturated rings. The van der Waals surface area contributed by atoms with Crippen molar-refractivity contribution in [3.8, 4) is 17.7 Å². The summed E-state index contributed by atoms with van der Waals surface area (Å²) in [6.07, 6.45) is -7.75. The van der Waals surface area contributed by atoms with Crippen LogP contribution in [0.5, 0.6) is 11.6 Å². The molecule has 0 radical (unpaired) electrons. The van der Waals surface area contributed by atoms with Crippen molar-refractivity contribution >= 4 is 0 Å². The molecule has 1 heterocycles. The van der Waals surface area contributed by atoms with Crippen LogP contribution in [-0.2, 0) is 0 Å². The van der Waals surface area contributed by atoms with Crippen LogP contribution in [0, 0.1) is 11.3 Å². The number of nitrogens with zero attached hydrogens (tertiary/aromatic N) is 2. The van der Waals surface area contributed by atoms with Gasteiger partial charge in [-0.05, 0) is 0 Å². The van der Waals surface area contributed by atoms with Gasteiger partial charge in [-0.15, -0.1) is 13.2 Å². The standard InChI is InChI=1S/C9H5F5N2O2/c1-17-8-6(18-9(12,13)14)4(2-15)5(3-16-8)7(10)11/h3,7H,1H3. The molecule has 0 atom stereocenters. The second kappa shape index (κ2) is 5.03. The molecule has 1 aromatic rings. The van der Waals surface area contributed by atoms with Crippen molar-refractivity contribution in [3.63, 3.8) is 0 Å². The Kier molecular flexibility index (Phi) is 3.90. The van der Waals surface area contributed by atoms with Crippen molar-refractivity contribution in [1.29, 1.82) is 5.26 Å². The van der Waals surface area contributed by atoms with E-state index in [-0.39, 0.29) is 0 Å². The SMILES string of the molecule is COc1ncc(C(F)F)c(C#N)c1OC(F)(F)F. The number of rotatable bonds is 3. The molecule has 0 aliphatic carbocycles. The zero-order valence-corrected chi connectivity index (χ0v) is 8.76. The highest BCUT2D eigenvalue weighted by Crippen LogP contribution is 2.37. The van der Waals surface area contributed by atoms with Gasteiger partial charge in [0.15, 0.2) is 0 Å². The number of alkyl halides is 5. The van der Waals surface area contributed by atoms with Gasteiger partial charge in [-0.2, -0.15) is 5.26 Å². The van der Waals surface area contributed by atoms with E-state index < -0.39 is 35.5 Å². The Labute approximate surface area is 97.6 Å². The summed E-state index contributed by atoms with van der Waals surface area (Å²) in [5.41, 5.74) is -1.92. The first kappa shape index (κ1) is 14.0. The van der Waals surface area contributed by atoms with E-state index in [1.165, 1.54) is 6.07 Å². The number of methoxy groups -OCH3 is 1. The summed E-state index contributed by atoms with van der Waals surface area (Å²) in [5.74, 6) is -1.88. The lowest BCUT2D eigenvalue weighted by molar-refractivity contribution is -0.275. The van der Waals surface area contributed by atoms with Crippen molar-refractivity contribution in [2.24, 2.45) is 0 Å². The first-order valence-corrected chi connectivity index (χ1v) is 4.31. The van der Waals surface area contributed by atoms with Gasteiger partial charge >= 0.3 is 6.36 Å². The molecular formula is C9H5F5N2O2. The summed E-state index contributed by atoms with van der Waals surface area (Å²) in [5, 5.41) is 8.65. The second-order valence-corrected chi connectivity index (χ2v) is 2.89. The number of ether oxygens (including phenoxy) is 2. The summed E-state index contributed by atoms with van der Waals surface area (Å²) < 4.78 is 69.2. The van der Waals surface area contributed by atoms with Gasteiger partial charge in [-0.25, -0.2) is 13.8 Å². The zero-order chi connectivity index (χ0) is 13.9. The first-order chi connectivity index (χ1) is 8.30. The number of aromatic nitrogens is 1. The summed E-state index contributed by atoms with van der Waals surface area (Å²) in [7, 11) is 0.967. The minimum absolute atomic E-state index is 0.561. The Bertz CT molecular complexity index is 481. The van der Waals surface area contributed by atoms with Gasteiger partial charge in [0.2, 0.25) is 5.75 Å². The van der Waals surface area contributed by atoms with Crippen LogP contribution in [0.15, 0.2) is 6.20 Å². The largest absolute Gasteiger partial charge is 0.573 e. The van der Waals surface area contributed by atoms with Crippen LogP contribution >= 0.6 is 0 Å². The average molecular weight is 268 g/mol. The molecule has 0 saturated heterocycles. The fraction of sp³-hybridized carbons (Fsp3) is 0.333. The molecule has 0 N–H and O–H groups in total. The van der Waals surface area contributed by atoms with E-state index in [9.17, 15) is 22.0 Å². The van der Waals surface area contributed by atoms with Gasteiger partial charge in [0, 0.05) is 6.20 Å². The van der Waals surface area contributed by atoms with E-state index in [1.807, 2.05) is 0 Å². The van der Waals surface area contributed by atoms with Crippen molar-refractivity contribution in [2.45, 2.75) is 12.8 Å². The van der Waals surface area contributed by atoms with Gasteiger partial charge < -0.3 is 9.47 Å². The Morgan fingerprint density at radius 1 is 1.39 bits per heavy atom. The Balaban J connectivity index is 3.43. The van der Waals surface area contributed by atoms with Gasteiger partial charge in [-0.3, -0.25) is 0 Å². The molecule has 0 aliphatic heterocycles. The smallest absolute Gasteiger partial charge is 0.478 e. The van der Waals surface area contributed by atoms with Crippen LogP contribution in [0.3, 0.4) is 0 Å². The summed E-state index contributed by atoms with van der Waals surface area (Å²) in [4.78, 5) is 3.23. The fourth-order valence-electron chi connectivity index (χ4n) is 1.13. The lowest BCUT2D eigenvalue weighted by Gasteiger charge is -2.14. The molecule has 4 nitrogen and oxygen atoms in total. The average Bonchev–Trinajstić information content (AvgIpc) is 2.26. The van der Waals surface area contributed by atoms with Crippen LogP contribution in [0.1, 0.15) is 17.6 Å². The highest BCUT2D eigenvalue weighted by Gasteiger charge is 2.35. The molecule has 0 spiro atoms. The Morgan fingerprint density at radius 2 is 2.00 bits per heavy atom. The minimum atomic E-state index is -5.15. The third-order valence-electron chi connectivity index (χ3n) is 1.79. The van der Waals surface area contributed by atoms with Crippen LogP contribution in [0.25, 0.3) is 0 Å². The van der Waals surface area contributed by atoms with Gasteiger partial charge in [0.05, 0.1) is 12.7 Å². The van der Waals surface area contributed by atoms with Crippen molar-refractivity contribution in [3.05, 3.63) is 17.3 Å². The molecule has 0 unspecified atom stereocenters. The Morgan fingerprint density at radius 3 is 2.39 bits per heavy atom. The van der Waals surface area contributed by atoms with Crippen molar-refractivity contribution in [2.75, 3.05) is 7.11 Å². The monoisotopic (exact) mass is 268 g/mol. The zero-order valence-electron chi connectivity index (χ0n) is 8.76. The van der Waals surface area contributed by atoms with E-state index in [4.69, 9.17) is 5.26 Å². The molecule has 18 heavy (non-hydrogen) atoms. The third-order valence-corrected chi connectivity index (χ3v) is 1.79. The fourth-order valence-corrected chi connectivity index (χ4v) is 1.13. The van der Waals surface area contributed by atoms with Crippen LogP contribution in [0.2, 0.25) is 0 Å². The summed E-state index contributed by atoms with van der Waals surface area (Å²) >= 11 is 0. The number of halogens is 5. The van der Waals surface area contributed by atoms with E-state index in [0.717, 1.165) is 7.11 Å². The number of nitriles is 1. The molecule has 9 heteroatoms. The van der Waals surface area contributed by atoms with Gasteiger partial charge in [0.1, 0.15) is 11.6 Å². The summed E-state index contributed by atoms with van der Waals surface area (Å²) in [6, 6.07) is 1.22. The molecule has 0 aromatic carbocycles. The van der Waals surface area contributed by atoms with Crippen LogP contribution < -0.4 is 9.47 Å². The van der Waals surface area contributed by atoms with Crippen molar-refractivity contribution < 1.29 is 31.4 Å². The Hall–Kier alpha value is -2.11. The predicted octanol–water partition coefficient (Wildman–Crippen LogP) is 2.80. The third kappa shape index (κ3) is 2.97. The number of pyridine rings is 1. The highest BCUT2D eigenvalue weighted by molar-refractivity contribution is 5.53. The molecule has 0 amide bonds. The van der Waals surface area contributed by atoms with Gasteiger partial charge in [-0.1, -0.05) is 0 Å². The van der Waals surface area contributed by atoms with Crippen LogP contribution in [-0.4, -0.2) is 18.5 Å². The highest BCUT2D eigenvalue weighted by atomic mass is 19.4.